The fourth-order valence-corrected chi connectivity index (χ4v) is 4.28. The summed E-state index contributed by atoms with van der Waals surface area (Å²) in [6.07, 6.45) is 1.60. The van der Waals surface area contributed by atoms with Crippen LogP contribution in [0.3, 0.4) is 0 Å². The number of carbonyl (C=O) groups excluding carboxylic acids is 1. The van der Waals surface area contributed by atoms with Gasteiger partial charge < -0.3 is 9.64 Å². The van der Waals surface area contributed by atoms with Crippen molar-refractivity contribution >= 4 is 29.0 Å². The van der Waals surface area contributed by atoms with E-state index in [1.54, 1.807) is 30.2 Å². The predicted octanol–water partition coefficient (Wildman–Crippen LogP) is 3.82. The standard InChI is InChI=1S/C17H19NO2S2/c1-20-14-2-4-15(5-3-14)21-11-8-17(19)18-9-6-16-13(12-18)7-10-22-16/h2-5,7,10H,6,8-9,11-12H2,1H3. The zero-order valence-electron chi connectivity index (χ0n) is 12.6. The molecule has 1 aliphatic heterocycles. The highest BCUT2D eigenvalue weighted by Crippen LogP contribution is 2.25. The summed E-state index contributed by atoms with van der Waals surface area (Å²) in [5, 5.41) is 2.12. The Bertz CT molecular complexity index is 636. The Morgan fingerprint density at radius 3 is 2.91 bits per heavy atom. The van der Waals surface area contributed by atoms with Crippen molar-refractivity contribution in [2.45, 2.75) is 24.3 Å². The van der Waals surface area contributed by atoms with E-state index in [1.165, 1.54) is 15.3 Å². The first-order valence-electron chi connectivity index (χ1n) is 7.36. The Morgan fingerprint density at radius 2 is 2.14 bits per heavy atom. The van der Waals surface area contributed by atoms with Crippen LogP contribution in [0.2, 0.25) is 0 Å². The van der Waals surface area contributed by atoms with Crippen molar-refractivity contribution in [3.8, 4) is 5.75 Å². The molecule has 0 radical (unpaired) electrons. The Hall–Kier alpha value is -1.46. The third-order valence-electron chi connectivity index (χ3n) is 3.80. The average molecular weight is 333 g/mol. The molecule has 116 valence electrons. The van der Waals surface area contributed by atoms with E-state index in [0.29, 0.717) is 6.42 Å². The van der Waals surface area contributed by atoms with Gasteiger partial charge in [0.05, 0.1) is 7.11 Å². The van der Waals surface area contributed by atoms with Crippen LogP contribution >= 0.6 is 23.1 Å². The van der Waals surface area contributed by atoms with E-state index in [9.17, 15) is 4.79 Å². The molecule has 1 aromatic carbocycles. The van der Waals surface area contributed by atoms with Crippen molar-refractivity contribution in [1.82, 2.24) is 4.90 Å². The number of hydrogen-bond donors (Lipinski definition) is 0. The van der Waals surface area contributed by atoms with Gasteiger partial charge in [-0.05, 0) is 47.7 Å². The van der Waals surface area contributed by atoms with Crippen molar-refractivity contribution in [1.29, 1.82) is 0 Å². The lowest BCUT2D eigenvalue weighted by Crippen LogP contribution is -2.35. The Labute approximate surface area is 139 Å². The van der Waals surface area contributed by atoms with Gasteiger partial charge in [0.2, 0.25) is 5.91 Å². The summed E-state index contributed by atoms with van der Waals surface area (Å²) in [5.74, 6) is 1.94. The molecule has 5 heteroatoms. The predicted molar refractivity (Wildman–Crippen MR) is 91.8 cm³/mol. The molecule has 3 rings (SSSR count). The number of ether oxygens (including phenoxy) is 1. The third-order valence-corrected chi connectivity index (χ3v) is 5.84. The number of methoxy groups -OCH3 is 1. The van der Waals surface area contributed by atoms with Crippen LogP contribution < -0.4 is 4.74 Å². The molecule has 0 fully saturated rings. The van der Waals surface area contributed by atoms with Gasteiger partial charge in [-0.1, -0.05) is 0 Å². The van der Waals surface area contributed by atoms with Gasteiger partial charge in [0.1, 0.15) is 5.75 Å². The van der Waals surface area contributed by atoms with Gasteiger partial charge in [-0.15, -0.1) is 23.1 Å². The van der Waals surface area contributed by atoms with Gasteiger partial charge in [-0.25, -0.2) is 0 Å². The number of nitrogens with zero attached hydrogens (tertiary/aromatic N) is 1. The summed E-state index contributed by atoms with van der Waals surface area (Å²) < 4.78 is 5.14. The zero-order chi connectivity index (χ0) is 15.4. The van der Waals surface area contributed by atoms with E-state index in [0.717, 1.165) is 31.0 Å². The molecule has 2 aromatic rings. The van der Waals surface area contributed by atoms with Crippen molar-refractivity contribution < 1.29 is 9.53 Å². The van der Waals surface area contributed by atoms with Crippen molar-refractivity contribution in [2.75, 3.05) is 19.4 Å². The van der Waals surface area contributed by atoms with E-state index in [-0.39, 0.29) is 5.91 Å². The topological polar surface area (TPSA) is 29.5 Å². The lowest BCUT2D eigenvalue weighted by molar-refractivity contribution is -0.131. The number of rotatable bonds is 5. The van der Waals surface area contributed by atoms with Crippen molar-refractivity contribution in [3.63, 3.8) is 0 Å². The van der Waals surface area contributed by atoms with E-state index in [1.807, 2.05) is 29.2 Å². The first-order valence-corrected chi connectivity index (χ1v) is 9.22. The number of carbonyl (C=O) groups is 1. The molecule has 0 aliphatic carbocycles. The molecule has 0 N–H and O–H groups in total. The summed E-state index contributed by atoms with van der Waals surface area (Å²) in [6, 6.07) is 10.1. The molecule has 0 atom stereocenters. The third kappa shape index (κ3) is 3.65. The molecule has 1 amide bonds. The van der Waals surface area contributed by atoms with E-state index in [4.69, 9.17) is 4.74 Å². The second kappa shape index (κ2) is 7.20. The zero-order valence-corrected chi connectivity index (χ0v) is 14.2. The maximum Gasteiger partial charge on any atom is 0.223 e. The van der Waals surface area contributed by atoms with Crippen molar-refractivity contribution in [3.05, 3.63) is 46.2 Å². The van der Waals surface area contributed by atoms with Crippen molar-refractivity contribution in [2.24, 2.45) is 0 Å². The Kier molecular flexibility index (Phi) is 5.05. The molecular formula is C17H19NO2S2. The smallest absolute Gasteiger partial charge is 0.223 e. The van der Waals surface area contributed by atoms with Gasteiger partial charge in [0.25, 0.3) is 0 Å². The number of thiophene rings is 1. The normalized spacial score (nSPS) is 13.8. The summed E-state index contributed by atoms with van der Waals surface area (Å²) in [4.78, 5) is 16.9. The van der Waals surface area contributed by atoms with Crippen LogP contribution in [0.4, 0.5) is 0 Å². The maximum atomic E-state index is 12.3. The van der Waals surface area contributed by atoms with Crippen LogP contribution in [-0.2, 0) is 17.8 Å². The molecule has 0 unspecified atom stereocenters. The number of thioether (sulfide) groups is 1. The second-order valence-electron chi connectivity index (χ2n) is 5.21. The quantitative estimate of drug-likeness (QED) is 0.779. The molecule has 3 nitrogen and oxygen atoms in total. The van der Waals surface area contributed by atoms with Gasteiger partial charge >= 0.3 is 0 Å². The lowest BCUT2D eigenvalue weighted by Gasteiger charge is -2.27. The number of amides is 1. The number of benzene rings is 1. The molecule has 0 saturated heterocycles. The molecule has 2 heterocycles. The minimum absolute atomic E-state index is 0.262. The molecule has 0 spiro atoms. The molecule has 0 saturated carbocycles. The summed E-state index contributed by atoms with van der Waals surface area (Å²) in [6.45, 7) is 1.64. The van der Waals surface area contributed by atoms with Crippen LogP contribution in [0, 0.1) is 0 Å². The van der Waals surface area contributed by atoms with Crippen LogP contribution in [0.15, 0.2) is 40.6 Å². The Morgan fingerprint density at radius 1 is 1.32 bits per heavy atom. The molecule has 1 aromatic heterocycles. The molecule has 1 aliphatic rings. The summed E-state index contributed by atoms with van der Waals surface area (Å²) in [5.41, 5.74) is 1.33. The number of fused-ring (bicyclic) bond motifs is 1. The minimum Gasteiger partial charge on any atom is -0.497 e. The van der Waals surface area contributed by atoms with Crippen LogP contribution in [0.25, 0.3) is 0 Å². The second-order valence-corrected chi connectivity index (χ2v) is 7.38. The van der Waals surface area contributed by atoms with E-state index in [2.05, 4.69) is 11.4 Å². The average Bonchev–Trinajstić information content (AvgIpc) is 3.03. The fraction of sp³-hybridized carbons (Fsp3) is 0.353. The van der Waals surface area contributed by atoms with Crippen LogP contribution in [0.1, 0.15) is 16.9 Å². The van der Waals surface area contributed by atoms with Crippen LogP contribution in [-0.4, -0.2) is 30.2 Å². The SMILES string of the molecule is COc1ccc(SCCC(=O)N2CCc3sccc3C2)cc1. The van der Waals surface area contributed by atoms with Crippen LogP contribution in [0.5, 0.6) is 5.75 Å². The summed E-state index contributed by atoms with van der Waals surface area (Å²) in [7, 11) is 1.67. The van der Waals surface area contributed by atoms with Gasteiger partial charge in [0.15, 0.2) is 0 Å². The van der Waals surface area contributed by atoms with Gasteiger partial charge in [-0.3, -0.25) is 4.79 Å². The van der Waals surface area contributed by atoms with Gasteiger partial charge in [-0.2, -0.15) is 0 Å². The maximum absolute atomic E-state index is 12.3. The van der Waals surface area contributed by atoms with E-state index < -0.39 is 0 Å². The highest BCUT2D eigenvalue weighted by molar-refractivity contribution is 7.99. The fourth-order valence-electron chi connectivity index (χ4n) is 2.55. The highest BCUT2D eigenvalue weighted by atomic mass is 32.2. The monoisotopic (exact) mass is 333 g/mol. The first-order chi connectivity index (χ1) is 10.8. The number of hydrogen-bond acceptors (Lipinski definition) is 4. The molecular weight excluding hydrogens is 314 g/mol. The van der Waals surface area contributed by atoms with Gasteiger partial charge in [0, 0.05) is 35.0 Å². The molecule has 0 bridgehead atoms. The largest absolute Gasteiger partial charge is 0.497 e. The lowest BCUT2D eigenvalue weighted by atomic mass is 10.1. The van der Waals surface area contributed by atoms with E-state index >= 15 is 0 Å². The minimum atomic E-state index is 0.262. The molecule has 22 heavy (non-hydrogen) atoms. The summed E-state index contributed by atoms with van der Waals surface area (Å²) >= 11 is 3.52. The Balaban J connectivity index is 1.46. The highest BCUT2D eigenvalue weighted by Gasteiger charge is 2.20. The first kappa shape index (κ1) is 15.4.